The van der Waals surface area contributed by atoms with Crippen LogP contribution in [-0.2, 0) is 16.1 Å². The number of ether oxygens (including phenoxy) is 2. The van der Waals surface area contributed by atoms with Crippen LogP contribution < -0.4 is 14.8 Å². The van der Waals surface area contributed by atoms with Crippen LogP contribution in [-0.4, -0.2) is 67.6 Å². The van der Waals surface area contributed by atoms with Crippen LogP contribution in [0.2, 0.25) is 0 Å². The predicted octanol–water partition coefficient (Wildman–Crippen LogP) is 1.65. The number of fused-ring (bicyclic) bond motifs is 1. The van der Waals surface area contributed by atoms with Crippen molar-refractivity contribution in [1.29, 1.82) is 0 Å². The molecule has 2 aliphatic rings. The van der Waals surface area contributed by atoms with Crippen molar-refractivity contribution in [2.45, 2.75) is 39.3 Å². The van der Waals surface area contributed by atoms with Gasteiger partial charge in [-0.2, -0.15) is 0 Å². The minimum Gasteiger partial charge on any atom is -0.497 e. The number of likely N-dealkylation sites (tertiary alicyclic amines) is 1. The Morgan fingerprint density at radius 2 is 2.14 bits per heavy atom. The molecule has 3 rings (SSSR count). The topological polar surface area (TPSA) is 71.1 Å². The summed E-state index contributed by atoms with van der Waals surface area (Å²) in [5, 5.41) is 3.01. The highest BCUT2D eigenvalue weighted by Crippen LogP contribution is 2.29. The average Bonchev–Trinajstić information content (AvgIpc) is 2.96. The molecule has 2 unspecified atom stereocenters. The molecule has 2 aliphatic heterocycles. The number of benzene rings is 1. The normalized spacial score (nSPS) is 22.4. The summed E-state index contributed by atoms with van der Waals surface area (Å²) >= 11 is 0. The Morgan fingerprint density at radius 1 is 1.32 bits per heavy atom. The molecule has 1 saturated heterocycles. The number of hydrogen-bond donors (Lipinski definition) is 1. The predicted molar refractivity (Wildman–Crippen MR) is 106 cm³/mol. The molecule has 0 radical (unpaired) electrons. The maximum atomic E-state index is 12.5. The van der Waals surface area contributed by atoms with Gasteiger partial charge in [-0.05, 0) is 31.5 Å². The van der Waals surface area contributed by atoms with Crippen molar-refractivity contribution >= 4 is 11.8 Å². The molecule has 1 fully saturated rings. The van der Waals surface area contributed by atoms with Crippen molar-refractivity contribution in [3.63, 3.8) is 0 Å². The lowest BCUT2D eigenvalue weighted by Crippen LogP contribution is -2.41. The van der Waals surface area contributed by atoms with Gasteiger partial charge in [0.1, 0.15) is 17.6 Å². The highest BCUT2D eigenvalue weighted by molar-refractivity contribution is 5.80. The van der Waals surface area contributed by atoms with E-state index >= 15 is 0 Å². The van der Waals surface area contributed by atoms with E-state index < -0.39 is 0 Å². The molecule has 0 saturated carbocycles. The summed E-state index contributed by atoms with van der Waals surface area (Å²) in [5.41, 5.74) is 1.03. The first-order valence-corrected chi connectivity index (χ1v) is 10.1. The van der Waals surface area contributed by atoms with Gasteiger partial charge in [-0.15, -0.1) is 0 Å². The number of amides is 2. The van der Waals surface area contributed by atoms with Crippen molar-refractivity contribution < 1.29 is 19.1 Å². The first-order chi connectivity index (χ1) is 13.5. The van der Waals surface area contributed by atoms with Crippen LogP contribution >= 0.6 is 0 Å². The molecular weight excluding hydrogens is 358 g/mol. The smallest absolute Gasteiger partial charge is 0.234 e. The third-order valence-electron chi connectivity index (χ3n) is 5.50. The lowest BCUT2D eigenvalue weighted by Gasteiger charge is -2.23. The van der Waals surface area contributed by atoms with Crippen LogP contribution in [0.5, 0.6) is 11.5 Å². The number of methoxy groups -OCH3 is 1. The monoisotopic (exact) mass is 389 g/mol. The zero-order valence-electron chi connectivity index (χ0n) is 17.1. The highest BCUT2D eigenvalue weighted by atomic mass is 16.5. The quantitative estimate of drug-likeness (QED) is 0.768. The molecule has 0 bridgehead atoms. The second-order valence-corrected chi connectivity index (χ2v) is 7.60. The fraction of sp³-hybridized carbons (Fsp3) is 0.619. The number of nitrogens with zero attached hydrogens (tertiary/aromatic N) is 2. The molecule has 7 heteroatoms. The second kappa shape index (κ2) is 9.28. The van der Waals surface area contributed by atoms with Gasteiger partial charge in [-0.25, -0.2) is 0 Å². The first kappa shape index (κ1) is 20.5. The molecule has 1 aromatic rings. The van der Waals surface area contributed by atoms with Crippen molar-refractivity contribution in [2.75, 3.05) is 39.8 Å². The van der Waals surface area contributed by atoms with Crippen molar-refractivity contribution in [3.8, 4) is 11.5 Å². The summed E-state index contributed by atoms with van der Waals surface area (Å²) in [6.45, 7) is 7.75. The number of carbonyl (C=O) groups is 2. The summed E-state index contributed by atoms with van der Waals surface area (Å²) in [4.78, 5) is 28.3. The summed E-state index contributed by atoms with van der Waals surface area (Å²) in [6.07, 6.45) is 1.45. The van der Waals surface area contributed by atoms with E-state index in [4.69, 9.17) is 9.47 Å². The molecule has 2 atom stereocenters. The van der Waals surface area contributed by atoms with E-state index in [1.807, 2.05) is 30.0 Å². The fourth-order valence-corrected chi connectivity index (χ4v) is 3.88. The van der Waals surface area contributed by atoms with E-state index in [1.54, 1.807) is 7.11 Å². The van der Waals surface area contributed by atoms with Crippen molar-refractivity contribution in [1.82, 2.24) is 15.1 Å². The van der Waals surface area contributed by atoms with Crippen LogP contribution in [0.3, 0.4) is 0 Å². The first-order valence-electron chi connectivity index (χ1n) is 10.1. The average molecular weight is 389 g/mol. The summed E-state index contributed by atoms with van der Waals surface area (Å²) in [6, 6.07) is 5.81. The Kier molecular flexibility index (Phi) is 6.78. The largest absolute Gasteiger partial charge is 0.497 e. The van der Waals surface area contributed by atoms with E-state index in [1.165, 1.54) is 0 Å². The molecule has 1 N–H and O–H groups in total. The Morgan fingerprint density at radius 3 is 2.82 bits per heavy atom. The van der Waals surface area contributed by atoms with Crippen LogP contribution in [0.25, 0.3) is 0 Å². The lowest BCUT2D eigenvalue weighted by molar-refractivity contribution is -0.127. The molecule has 2 heterocycles. The summed E-state index contributed by atoms with van der Waals surface area (Å²) in [7, 11) is 1.65. The Hall–Kier alpha value is -2.28. The molecule has 2 amide bonds. The van der Waals surface area contributed by atoms with Crippen molar-refractivity contribution in [2.24, 2.45) is 5.92 Å². The summed E-state index contributed by atoms with van der Waals surface area (Å²) in [5.74, 6) is 2.02. The second-order valence-electron chi connectivity index (χ2n) is 7.60. The lowest BCUT2D eigenvalue weighted by atomic mass is 10.1. The molecule has 7 nitrogen and oxygen atoms in total. The molecule has 0 aliphatic carbocycles. The number of rotatable bonds is 7. The van der Waals surface area contributed by atoms with Gasteiger partial charge in [-0.1, -0.05) is 6.92 Å². The van der Waals surface area contributed by atoms with Crippen LogP contribution in [0.15, 0.2) is 18.2 Å². The van der Waals surface area contributed by atoms with Gasteiger partial charge in [0.25, 0.3) is 0 Å². The standard InChI is InChI=1S/C21H31N3O4/c1-4-17-13-23(12-16-9-18(27-3)6-7-19(16)28-17)14-20(25)22-10-15-8-21(26)24(5-2)11-15/h6-7,9,15,17H,4-5,8,10-14H2,1-3H3,(H,22,25). The number of hydrogen-bond acceptors (Lipinski definition) is 5. The third kappa shape index (κ3) is 4.95. The molecule has 154 valence electrons. The van der Waals surface area contributed by atoms with Crippen LogP contribution in [0.4, 0.5) is 0 Å². The third-order valence-corrected chi connectivity index (χ3v) is 5.50. The molecule has 1 aromatic carbocycles. The zero-order chi connectivity index (χ0) is 20.1. The van der Waals surface area contributed by atoms with Crippen LogP contribution in [0.1, 0.15) is 32.3 Å². The molecule has 28 heavy (non-hydrogen) atoms. The number of carbonyl (C=O) groups excluding carboxylic acids is 2. The zero-order valence-corrected chi connectivity index (χ0v) is 17.1. The van der Waals surface area contributed by atoms with Crippen LogP contribution in [0, 0.1) is 5.92 Å². The van der Waals surface area contributed by atoms with Gasteiger partial charge in [-0.3, -0.25) is 14.5 Å². The van der Waals surface area contributed by atoms with E-state index in [-0.39, 0.29) is 23.8 Å². The van der Waals surface area contributed by atoms with Gasteiger partial charge in [0.05, 0.1) is 13.7 Å². The van der Waals surface area contributed by atoms with Gasteiger partial charge < -0.3 is 19.7 Å². The highest BCUT2D eigenvalue weighted by Gasteiger charge is 2.29. The maximum Gasteiger partial charge on any atom is 0.234 e. The van der Waals surface area contributed by atoms with E-state index in [0.717, 1.165) is 36.6 Å². The van der Waals surface area contributed by atoms with Gasteiger partial charge in [0.15, 0.2) is 0 Å². The van der Waals surface area contributed by atoms with Crippen molar-refractivity contribution in [3.05, 3.63) is 23.8 Å². The maximum absolute atomic E-state index is 12.5. The summed E-state index contributed by atoms with van der Waals surface area (Å²) < 4.78 is 11.5. The van der Waals surface area contributed by atoms with E-state index in [2.05, 4.69) is 17.1 Å². The molecular formula is C21H31N3O4. The minimum absolute atomic E-state index is 0.0106. The fourth-order valence-electron chi connectivity index (χ4n) is 3.88. The number of nitrogens with one attached hydrogen (secondary N) is 1. The SMILES string of the molecule is CCC1CN(CC(=O)NCC2CC(=O)N(CC)C2)Cc2cc(OC)ccc2O1. The molecule has 0 aromatic heterocycles. The Balaban J connectivity index is 1.57. The van der Waals surface area contributed by atoms with E-state index in [0.29, 0.717) is 32.6 Å². The van der Waals surface area contributed by atoms with Gasteiger partial charge in [0.2, 0.25) is 11.8 Å². The molecule has 0 spiro atoms. The van der Waals surface area contributed by atoms with Gasteiger partial charge >= 0.3 is 0 Å². The minimum atomic E-state index is -0.0106. The Bertz CT molecular complexity index is 709. The van der Waals surface area contributed by atoms with E-state index in [9.17, 15) is 9.59 Å². The Labute approximate surface area is 167 Å². The van der Waals surface area contributed by atoms with Gasteiger partial charge in [0, 0.05) is 50.6 Å².